The van der Waals surface area contributed by atoms with E-state index < -0.39 is 290 Å². The molecule has 20 atom stereocenters. The minimum absolute atomic E-state index is 0.0384. The number of amides is 14. The number of likely N-dealkylation sites (N-methyl/N-ethyl adjacent to an activating group) is 2. The zero-order valence-corrected chi connectivity index (χ0v) is 82.4. The van der Waals surface area contributed by atoms with E-state index in [4.69, 9.17) is 28.8 Å². The number of nitrogens with zero attached hydrogens (tertiary/aromatic N) is 3. The number of benzene rings is 1. The molecule has 1 saturated heterocycles. The number of rotatable bonds is 68. The third-order valence-corrected chi connectivity index (χ3v) is 23.0. The van der Waals surface area contributed by atoms with Gasteiger partial charge in [0.05, 0.1) is 120 Å². The van der Waals surface area contributed by atoms with Crippen molar-refractivity contribution in [3.8, 4) is 0 Å². The summed E-state index contributed by atoms with van der Waals surface area (Å²) < 4.78 is 28.2. The highest BCUT2D eigenvalue weighted by atomic mass is 16.6. The Kier molecular flexibility index (Phi) is 58.3. The molecular formula is C91H155N15O32. The number of methoxy groups -OCH3 is 2. The first-order valence-electron chi connectivity index (χ1n) is 46.6. The third-order valence-electron chi connectivity index (χ3n) is 23.0. The first-order chi connectivity index (χ1) is 64.9. The van der Waals surface area contributed by atoms with Crippen molar-refractivity contribution in [2.45, 2.75) is 269 Å². The average Bonchev–Trinajstić information content (AvgIpc) is 1.66. The van der Waals surface area contributed by atoms with Crippen LogP contribution in [0.15, 0.2) is 30.3 Å². The van der Waals surface area contributed by atoms with Gasteiger partial charge in [0.1, 0.15) is 73.2 Å². The molecule has 0 aliphatic carbocycles. The summed E-state index contributed by atoms with van der Waals surface area (Å²) in [6.07, 6.45) is -21.5. The maximum absolute atomic E-state index is 14.7. The molecule has 1 aliphatic rings. The van der Waals surface area contributed by atoms with Gasteiger partial charge in [-0.15, -0.1) is 0 Å². The summed E-state index contributed by atoms with van der Waals surface area (Å²) in [6.45, 7) is 13.5. The van der Waals surface area contributed by atoms with Crippen molar-refractivity contribution in [1.82, 2.24) is 78.5 Å². The van der Waals surface area contributed by atoms with Crippen LogP contribution in [0, 0.1) is 35.0 Å². The lowest BCUT2D eigenvalue weighted by Crippen LogP contribution is -2.59. The Labute approximate surface area is 806 Å². The third kappa shape index (κ3) is 46.3. The second kappa shape index (κ2) is 65.0. The van der Waals surface area contributed by atoms with E-state index in [0.29, 0.717) is 38.0 Å². The molecule has 1 heterocycles. The molecule has 0 unspecified atom stereocenters. The van der Waals surface area contributed by atoms with E-state index in [1.165, 1.54) is 21.1 Å². The van der Waals surface area contributed by atoms with E-state index in [-0.39, 0.29) is 105 Å². The van der Waals surface area contributed by atoms with Crippen LogP contribution in [-0.4, -0.2) is 403 Å². The van der Waals surface area contributed by atoms with Gasteiger partial charge >= 0.3 is 12.1 Å². The van der Waals surface area contributed by atoms with E-state index >= 15 is 0 Å². The molecule has 1 fully saturated rings. The normalized spacial score (nSPS) is 16.8. The zero-order valence-electron chi connectivity index (χ0n) is 82.4. The Morgan fingerprint density at radius 1 is 0.522 bits per heavy atom. The largest absolute Gasteiger partial charge is 0.464 e. The lowest BCUT2D eigenvalue weighted by molar-refractivity contribution is -0.148. The van der Waals surface area contributed by atoms with Gasteiger partial charge in [0.15, 0.2) is 5.78 Å². The molecule has 14 amide bonds. The second-order valence-corrected chi connectivity index (χ2v) is 36.6. The van der Waals surface area contributed by atoms with Crippen LogP contribution in [0.4, 0.5) is 4.79 Å². The van der Waals surface area contributed by atoms with E-state index in [1.807, 2.05) is 67.2 Å². The SMILES string of the molecule is CC[C@H](C)[C@@H]([C@@H](CC(=O)N1CCC[C@H]1[C@H](OC)[C@@H](C)C(=O)N[C@@H](Cc1ccccc1)C(=O)NCCCOC(=O)[C@H](C)NC(=O)CCNC(=O)OC[C@H](CC(=O)CNC(=O)CNC(=O)CNC(=O)CNC(=O)CCNC(=O)CCOCC(C)(C)C)C(=O)N[C@@H](CCC(=O)CC[C@H](O)[C@@H](O)[C@H](O)[C@H](O)CO)C(=O)NC[C@H](O)[C@@H](O)[C@H](O)[C@H](O)CO)OC)N(C)C(=O)[C@@H](NC(=O)[C@H](C(C)C)N(C)C)C(C)C. The number of Topliss-reactive ketones (excluding diaryl/α,β-unsaturated/α-hetero) is 2. The van der Waals surface area contributed by atoms with Gasteiger partial charge in [-0.1, -0.05) is 106 Å². The summed E-state index contributed by atoms with van der Waals surface area (Å²) in [6, 6.07) is 2.03. The monoisotopic (exact) mass is 1970 g/mol. The Balaban J connectivity index is 2.22. The molecule has 22 N–H and O–H groups in total. The molecule has 786 valence electrons. The summed E-state index contributed by atoms with van der Waals surface area (Å²) in [5.41, 5.74) is 0.607. The fraction of sp³-hybridized carbons (Fsp3) is 0.747. The Bertz CT molecular complexity index is 3990. The smallest absolute Gasteiger partial charge is 0.407 e. The number of ketones is 2. The van der Waals surface area contributed by atoms with Gasteiger partial charge in [0, 0.05) is 98.9 Å². The van der Waals surface area contributed by atoms with Crippen LogP contribution in [0.3, 0.4) is 0 Å². The first-order valence-corrected chi connectivity index (χ1v) is 46.6. The van der Waals surface area contributed by atoms with Crippen LogP contribution < -0.4 is 63.8 Å². The second-order valence-electron chi connectivity index (χ2n) is 36.6. The van der Waals surface area contributed by atoms with Crippen LogP contribution >= 0.6 is 0 Å². The Hall–Kier alpha value is -10.1. The predicted octanol–water partition coefficient (Wildman–Crippen LogP) is -6.37. The molecule has 138 heavy (non-hydrogen) atoms. The lowest BCUT2D eigenvalue weighted by Gasteiger charge is -2.41. The predicted molar refractivity (Wildman–Crippen MR) is 496 cm³/mol. The molecule has 1 aliphatic heterocycles. The molecule has 0 aromatic heterocycles. The van der Waals surface area contributed by atoms with Crippen LogP contribution in [0.2, 0.25) is 0 Å². The molecule has 2 rings (SSSR count). The highest BCUT2D eigenvalue weighted by Gasteiger charge is 2.45. The lowest BCUT2D eigenvalue weighted by atomic mass is 9.89. The topological polar surface area (TPSA) is 693 Å². The minimum Gasteiger partial charge on any atom is -0.464 e. The molecule has 47 heteroatoms. The molecule has 0 saturated carbocycles. The van der Waals surface area contributed by atoms with Crippen molar-refractivity contribution in [2.24, 2.45) is 35.0 Å². The number of aliphatic hydroxyl groups excluding tert-OH is 10. The highest BCUT2D eigenvalue weighted by Crippen LogP contribution is 2.31. The van der Waals surface area contributed by atoms with Crippen molar-refractivity contribution >= 4 is 100 Å². The maximum atomic E-state index is 14.7. The van der Waals surface area contributed by atoms with Crippen LogP contribution in [0.1, 0.15) is 165 Å². The summed E-state index contributed by atoms with van der Waals surface area (Å²) >= 11 is 0. The molecule has 0 radical (unpaired) electrons. The number of aliphatic hydroxyl groups is 10. The number of hydrogen-bond donors (Lipinski definition) is 22. The standard InChI is InChI=1S/C91H155N15O32/c1-17-53(6)77(105(14)88(131)75(51(2)3)103-87(130)76(52(4)5)104(12)13)67(134-15)41-74(121)106-36-21-25-62(106)82(135-16)54(7)83(126)102-61(39-56-23-19-18-20-24-56)86(129)93-33-22-37-137-89(132)55(8)100-70(117)31-35-94-90(133)138-49-57(40-59(110)42-95-71(118)45-97-73(120)46-98-72(119)44-96-68(115)30-34-92-69(116)32-38-136-50-91(9,10)11)84(127)101-60(85(128)99-43-64(112)79(123)81(125)66(114)48-108)28-26-58(109)27-29-63(111)78(122)80(124)65(113)47-107/h18-20,23-24,51-55,57,60-67,75-82,107-108,111-114,122-125H,17,21-22,25-50H2,1-16H3,(H,92,116)(H,93,129)(H,94,133)(H,95,118)(H,96,115)(H,97,120)(H,98,119)(H,99,128)(H,100,117)(H,101,127)(H,102,126)(H,103,130)/t53-,54+,55-,57-,60-,61-,62-,63-,64-,65+,66+,67+,75-,76-,77-,78+,79+,80+,81+,82+/m0/s1. The van der Waals surface area contributed by atoms with E-state index in [0.717, 1.165) is 0 Å². The molecule has 0 bridgehead atoms. The number of ether oxygens (including phenoxy) is 5. The van der Waals surface area contributed by atoms with Gasteiger partial charge < -0.3 is 148 Å². The van der Waals surface area contributed by atoms with Crippen LogP contribution in [0.5, 0.6) is 0 Å². The van der Waals surface area contributed by atoms with Crippen LogP contribution in [0.25, 0.3) is 0 Å². The fourth-order valence-corrected chi connectivity index (χ4v) is 14.9. The average molecular weight is 1970 g/mol. The summed E-state index contributed by atoms with van der Waals surface area (Å²) in [5, 5.41) is 129. The number of hydrogen-bond acceptors (Lipinski definition) is 33. The Morgan fingerprint density at radius 3 is 1.62 bits per heavy atom. The van der Waals surface area contributed by atoms with E-state index in [2.05, 4.69) is 63.8 Å². The van der Waals surface area contributed by atoms with Crippen molar-refractivity contribution in [3.05, 3.63) is 35.9 Å². The summed E-state index contributed by atoms with van der Waals surface area (Å²) in [7, 11) is 8.19. The number of nitrogens with one attached hydrogen (secondary N) is 12. The molecule has 0 spiro atoms. The Morgan fingerprint density at radius 2 is 1.07 bits per heavy atom. The quantitative estimate of drug-likeness (QED) is 0.0213. The number of carbonyl (C=O) groups is 17. The van der Waals surface area contributed by atoms with Crippen molar-refractivity contribution in [3.63, 3.8) is 0 Å². The van der Waals surface area contributed by atoms with Gasteiger partial charge in [-0.25, -0.2) is 9.59 Å². The number of carbonyl (C=O) groups excluding carboxylic acids is 17. The first kappa shape index (κ1) is 124. The van der Waals surface area contributed by atoms with Crippen molar-refractivity contribution in [1.29, 1.82) is 0 Å². The van der Waals surface area contributed by atoms with Crippen LogP contribution in [-0.2, 0) is 107 Å². The molecular weight excluding hydrogens is 1820 g/mol. The molecule has 1 aromatic carbocycles. The van der Waals surface area contributed by atoms with Crippen molar-refractivity contribution in [2.75, 3.05) is 134 Å². The van der Waals surface area contributed by atoms with E-state index in [1.54, 1.807) is 68.2 Å². The summed E-state index contributed by atoms with van der Waals surface area (Å²) in [5.74, 6) is -14.9. The summed E-state index contributed by atoms with van der Waals surface area (Å²) in [4.78, 5) is 233. The number of likely N-dealkylation sites (tertiary alicyclic amines) is 1. The molecule has 47 nitrogen and oxygen atoms in total. The maximum Gasteiger partial charge on any atom is 0.407 e. The van der Waals surface area contributed by atoms with Gasteiger partial charge in [-0.2, -0.15) is 0 Å². The van der Waals surface area contributed by atoms with Gasteiger partial charge in [-0.05, 0) is 81.9 Å². The highest BCUT2D eigenvalue weighted by molar-refractivity contribution is 5.95. The zero-order chi connectivity index (χ0) is 104. The minimum atomic E-state index is -2.21. The van der Waals surface area contributed by atoms with Gasteiger partial charge in [0.2, 0.25) is 76.8 Å². The van der Waals surface area contributed by atoms with Crippen molar-refractivity contribution < 1.29 is 156 Å². The van der Waals surface area contributed by atoms with Gasteiger partial charge in [-0.3, -0.25) is 76.8 Å². The van der Waals surface area contributed by atoms with Gasteiger partial charge in [0.25, 0.3) is 0 Å². The fourth-order valence-electron chi connectivity index (χ4n) is 14.9. The number of esters is 1. The molecule has 1 aromatic rings. The van der Waals surface area contributed by atoms with E-state index in [9.17, 15) is 127 Å². The number of alkyl carbamates (subject to hydrolysis) is 1.